The molecule has 6 heteroatoms. The summed E-state index contributed by atoms with van der Waals surface area (Å²) in [6, 6.07) is 22.4. The minimum atomic E-state index is -0.920. The largest absolute Gasteiger partial charge is 0.393 e. The van der Waals surface area contributed by atoms with Crippen LogP contribution >= 0.6 is 0 Å². The number of ketones is 1. The van der Waals surface area contributed by atoms with Crippen LogP contribution in [-0.4, -0.2) is 65.3 Å². The highest BCUT2D eigenvalue weighted by molar-refractivity contribution is 6.10. The summed E-state index contributed by atoms with van der Waals surface area (Å²) < 4.78 is 13.5. The lowest BCUT2D eigenvalue weighted by Crippen LogP contribution is -2.56. The molecule has 0 aromatic heterocycles. The number of rotatable bonds is 5. The fourth-order valence-corrected chi connectivity index (χ4v) is 8.13. The molecule has 4 aliphatic rings. The van der Waals surface area contributed by atoms with Gasteiger partial charge in [-0.25, -0.2) is 4.39 Å². The first kappa shape index (κ1) is 31.7. The van der Waals surface area contributed by atoms with E-state index in [0.29, 0.717) is 36.9 Å². The lowest BCUT2D eigenvalue weighted by molar-refractivity contribution is -0.0841. The zero-order valence-electron chi connectivity index (χ0n) is 26.7. The topological polar surface area (TPSA) is 64.0 Å². The Morgan fingerprint density at radius 3 is 2.42 bits per heavy atom. The summed E-state index contributed by atoms with van der Waals surface area (Å²) in [7, 11) is 0. The van der Waals surface area contributed by atoms with Gasteiger partial charge in [-0.3, -0.25) is 9.69 Å². The van der Waals surface area contributed by atoms with Crippen LogP contribution in [-0.2, 0) is 6.42 Å². The number of aliphatic hydroxyl groups excluding tert-OH is 1. The quantitative estimate of drug-likeness (QED) is 0.243. The van der Waals surface area contributed by atoms with Crippen molar-refractivity contribution in [2.24, 2.45) is 5.41 Å². The van der Waals surface area contributed by atoms with Crippen LogP contribution in [0.15, 0.2) is 84.4 Å². The van der Waals surface area contributed by atoms with Gasteiger partial charge in [0.25, 0.3) is 0 Å². The first-order valence-corrected chi connectivity index (χ1v) is 16.7. The van der Waals surface area contributed by atoms with Gasteiger partial charge in [-0.1, -0.05) is 61.0 Å². The van der Waals surface area contributed by atoms with E-state index in [1.54, 1.807) is 0 Å². The van der Waals surface area contributed by atoms with Crippen LogP contribution in [0.25, 0.3) is 0 Å². The third-order valence-electron chi connectivity index (χ3n) is 11.0. The Labute approximate surface area is 267 Å². The summed E-state index contributed by atoms with van der Waals surface area (Å²) >= 11 is 0. The van der Waals surface area contributed by atoms with Crippen LogP contribution in [0.1, 0.15) is 85.3 Å². The van der Waals surface area contributed by atoms with E-state index in [1.807, 2.05) is 48.5 Å². The van der Waals surface area contributed by atoms with Gasteiger partial charge in [0.05, 0.1) is 11.7 Å². The van der Waals surface area contributed by atoms with E-state index in [9.17, 15) is 19.4 Å². The predicted molar refractivity (Wildman–Crippen MR) is 178 cm³/mol. The molecule has 4 unspecified atom stereocenters. The zero-order chi connectivity index (χ0) is 31.6. The molecule has 45 heavy (non-hydrogen) atoms. The number of piperazine rings is 1. The van der Waals surface area contributed by atoms with E-state index < -0.39 is 17.1 Å². The molecule has 2 bridgehead atoms. The van der Waals surface area contributed by atoms with Crippen LogP contribution < -0.4 is 4.90 Å². The van der Waals surface area contributed by atoms with Crippen molar-refractivity contribution in [1.82, 2.24) is 4.90 Å². The number of β-amino-alcohol motifs (C(OH)–C–C–N with tert-alkyl or cyclic N) is 1. The molecule has 7 rings (SSSR count). The second-order valence-corrected chi connectivity index (χ2v) is 13.9. The molecule has 4 atom stereocenters. The predicted octanol–water partition coefficient (Wildman–Crippen LogP) is 6.92. The maximum absolute atomic E-state index is 14.1. The van der Waals surface area contributed by atoms with Gasteiger partial charge in [0, 0.05) is 55.0 Å². The Kier molecular flexibility index (Phi) is 9.28. The maximum Gasteiger partial charge on any atom is 0.193 e. The molecule has 3 aromatic rings. The summed E-state index contributed by atoms with van der Waals surface area (Å²) in [6.45, 7) is 8.29. The number of benzene rings is 3. The van der Waals surface area contributed by atoms with Gasteiger partial charge in [0.1, 0.15) is 5.82 Å². The molecule has 2 N–H and O–H groups in total. The molecule has 3 aromatic carbocycles. The first-order valence-electron chi connectivity index (χ1n) is 16.7. The summed E-state index contributed by atoms with van der Waals surface area (Å²) in [5.74, 6) is -0.210. The van der Waals surface area contributed by atoms with Crippen LogP contribution in [0, 0.1) is 11.2 Å². The monoisotopic (exact) mass is 610 g/mol. The van der Waals surface area contributed by atoms with Crippen molar-refractivity contribution in [3.05, 3.63) is 113 Å². The Bertz CT molecular complexity index is 1510. The van der Waals surface area contributed by atoms with Gasteiger partial charge in [-0.2, -0.15) is 0 Å². The highest BCUT2D eigenvalue weighted by Gasteiger charge is 2.57. The molecule has 0 radical (unpaired) electrons. The number of hydrogen-bond acceptors (Lipinski definition) is 5. The van der Waals surface area contributed by atoms with Crippen LogP contribution in [0.2, 0.25) is 0 Å². The molecule has 0 amide bonds. The fraction of sp³-hybridized carbons (Fsp3) is 0.462. The number of carbonyl (C=O) groups is 1. The average Bonchev–Trinajstić information content (AvgIpc) is 3.29. The molecule has 1 heterocycles. The smallest absolute Gasteiger partial charge is 0.193 e. The van der Waals surface area contributed by atoms with Gasteiger partial charge in [-0.15, -0.1) is 0 Å². The maximum atomic E-state index is 14.1. The van der Waals surface area contributed by atoms with E-state index in [0.717, 1.165) is 68.7 Å². The number of allylic oxidation sites excluding steroid dienone is 2. The molecule has 238 valence electrons. The molecule has 0 spiro atoms. The SMILES string of the molecule is CC1=CCCC2(C)C(CCC2(O)CN2CCN(c3ccc(F)cc3)CC2)c2ccc(cc2C(=O)c2ccccc2)CC(O)CC1. The van der Waals surface area contributed by atoms with Gasteiger partial charge < -0.3 is 15.1 Å². The highest BCUT2D eigenvalue weighted by atomic mass is 19.1. The third-order valence-corrected chi connectivity index (χ3v) is 11.0. The van der Waals surface area contributed by atoms with E-state index in [2.05, 4.69) is 41.9 Å². The number of fused-ring (bicyclic) bond motifs is 8. The van der Waals surface area contributed by atoms with Crippen molar-refractivity contribution in [3.63, 3.8) is 0 Å². The standard InChI is InChI=1S/C39H47FN2O3/c1-28-7-6-19-38(2)36(18-20-39(38,45)27-41-21-23-42(24-22-41)32-14-12-31(40)13-15-32)34-17-11-29(25-33(43)16-10-28)26-35(34)37(44)30-8-4-3-5-9-30/h3-5,7-9,11-15,17,26,33,36,43,45H,6,10,16,18-25,27H2,1-2H3. The lowest BCUT2D eigenvalue weighted by atomic mass is 9.64. The van der Waals surface area contributed by atoms with Gasteiger partial charge in [0.2, 0.25) is 0 Å². The number of aliphatic hydroxyl groups is 2. The molecule has 3 aliphatic carbocycles. The minimum absolute atomic E-state index is 0.000482. The molecular formula is C39H47FN2O3. The Morgan fingerprint density at radius 2 is 1.69 bits per heavy atom. The van der Waals surface area contributed by atoms with Crippen molar-refractivity contribution < 1.29 is 19.4 Å². The van der Waals surface area contributed by atoms with Crippen molar-refractivity contribution in [3.8, 4) is 0 Å². The Balaban J connectivity index is 1.32. The highest BCUT2D eigenvalue weighted by Crippen LogP contribution is 2.59. The van der Waals surface area contributed by atoms with Gasteiger partial charge in [-0.05, 0) is 99.2 Å². The lowest BCUT2D eigenvalue weighted by Gasteiger charge is -2.47. The van der Waals surface area contributed by atoms with Crippen LogP contribution in [0.5, 0.6) is 0 Å². The molecule has 1 saturated heterocycles. The van der Waals surface area contributed by atoms with E-state index >= 15 is 0 Å². The Hall–Kier alpha value is -3.32. The molecular weight excluding hydrogens is 563 g/mol. The number of hydrogen-bond donors (Lipinski definition) is 2. The van der Waals surface area contributed by atoms with E-state index in [1.165, 1.54) is 17.7 Å². The summed E-state index contributed by atoms with van der Waals surface area (Å²) in [5.41, 5.74) is 4.28. The third kappa shape index (κ3) is 6.65. The number of nitrogens with zero attached hydrogens (tertiary/aromatic N) is 2. The first-order chi connectivity index (χ1) is 21.6. The van der Waals surface area contributed by atoms with Crippen molar-refractivity contribution in [1.29, 1.82) is 0 Å². The molecule has 1 saturated carbocycles. The number of anilines is 1. The second-order valence-electron chi connectivity index (χ2n) is 13.9. The van der Waals surface area contributed by atoms with E-state index in [-0.39, 0.29) is 17.5 Å². The van der Waals surface area contributed by atoms with E-state index in [4.69, 9.17) is 0 Å². The number of carbonyl (C=O) groups excluding carboxylic acids is 1. The zero-order valence-corrected chi connectivity index (χ0v) is 26.7. The van der Waals surface area contributed by atoms with Crippen LogP contribution in [0.3, 0.4) is 0 Å². The Morgan fingerprint density at radius 1 is 0.956 bits per heavy atom. The average molecular weight is 611 g/mol. The minimum Gasteiger partial charge on any atom is -0.393 e. The van der Waals surface area contributed by atoms with Crippen molar-refractivity contribution in [2.45, 2.75) is 76.4 Å². The molecule has 2 fully saturated rings. The van der Waals surface area contributed by atoms with Crippen LogP contribution in [0.4, 0.5) is 10.1 Å². The summed E-state index contributed by atoms with van der Waals surface area (Å²) in [5, 5.41) is 23.5. The molecule has 5 nitrogen and oxygen atoms in total. The van der Waals surface area contributed by atoms with Gasteiger partial charge in [0.15, 0.2) is 5.78 Å². The van der Waals surface area contributed by atoms with Gasteiger partial charge >= 0.3 is 0 Å². The summed E-state index contributed by atoms with van der Waals surface area (Å²) in [6.07, 6.45) is 6.98. The second kappa shape index (κ2) is 13.2. The van der Waals surface area contributed by atoms with Crippen molar-refractivity contribution in [2.75, 3.05) is 37.6 Å². The summed E-state index contributed by atoms with van der Waals surface area (Å²) in [4.78, 5) is 18.8. The molecule has 1 aliphatic heterocycles. The normalized spacial score (nSPS) is 27.9. The fourth-order valence-electron chi connectivity index (χ4n) is 8.13. The number of halogens is 1. The van der Waals surface area contributed by atoms with Crippen molar-refractivity contribution >= 4 is 11.5 Å².